The van der Waals surface area contributed by atoms with Crippen molar-refractivity contribution in [1.29, 1.82) is 5.26 Å². The summed E-state index contributed by atoms with van der Waals surface area (Å²) in [4.78, 5) is 13.9. The van der Waals surface area contributed by atoms with E-state index in [2.05, 4.69) is 0 Å². The molecule has 1 aromatic rings. The van der Waals surface area contributed by atoms with Gasteiger partial charge < -0.3 is 4.90 Å². The standard InChI is InChI=1S/C16H17ClN2OS/c17-16(11-18)14(20)19(12-7-3-1-4-8-12)15(16)21-13-9-5-2-6-10-13/h2,5-6,9-10,12,15H,1,3-4,7-8H2. The zero-order valence-corrected chi connectivity index (χ0v) is 13.2. The highest BCUT2D eigenvalue weighted by atomic mass is 35.5. The van der Waals surface area contributed by atoms with Crippen molar-refractivity contribution < 1.29 is 4.79 Å². The third-order valence-corrected chi connectivity index (χ3v) is 6.19. The summed E-state index contributed by atoms with van der Waals surface area (Å²) in [6, 6.07) is 12.1. The van der Waals surface area contributed by atoms with Crippen LogP contribution in [-0.4, -0.2) is 27.1 Å². The molecule has 1 aliphatic heterocycles. The molecule has 2 fully saturated rings. The van der Waals surface area contributed by atoms with Crippen LogP contribution in [0.2, 0.25) is 0 Å². The quantitative estimate of drug-likeness (QED) is 0.629. The second kappa shape index (κ2) is 5.90. The maximum atomic E-state index is 12.4. The Labute approximate surface area is 134 Å². The largest absolute Gasteiger partial charge is 0.321 e. The SMILES string of the molecule is N#CC1(Cl)C(=O)N(C2CCCCC2)C1Sc1ccccc1. The third kappa shape index (κ3) is 2.54. The first kappa shape index (κ1) is 14.7. The molecule has 2 unspecified atom stereocenters. The molecule has 1 aromatic carbocycles. The molecule has 1 saturated carbocycles. The molecule has 0 spiro atoms. The van der Waals surface area contributed by atoms with Crippen LogP contribution in [0.1, 0.15) is 32.1 Å². The lowest BCUT2D eigenvalue weighted by molar-refractivity contribution is -0.149. The van der Waals surface area contributed by atoms with Crippen LogP contribution >= 0.6 is 23.4 Å². The molecule has 1 aliphatic carbocycles. The fourth-order valence-corrected chi connectivity index (χ4v) is 4.72. The molecule has 110 valence electrons. The van der Waals surface area contributed by atoms with Gasteiger partial charge in [-0.1, -0.05) is 60.8 Å². The molecule has 1 amide bonds. The van der Waals surface area contributed by atoms with Crippen LogP contribution in [0.25, 0.3) is 0 Å². The van der Waals surface area contributed by atoms with Crippen molar-refractivity contribution in [3.05, 3.63) is 30.3 Å². The summed E-state index contributed by atoms with van der Waals surface area (Å²) in [7, 11) is 0. The number of alkyl halides is 1. The molecule has 1 saturated heterocycles. The monoisotopic (exact) mass is 320 g/mol. The number of halogens is 1. The van der Waals surface area contributed by atoms with Crippen molar-refractivity contribution in [3.63, 3.8) is 0 Å². The van der Waals surface area contributed by atoms with Crippen LogP contribution in [0, 0.1) is 11.3 Å². The number of benzene rings is 1. The molecule has 2 atom stereocenters. The lowest BCUT2D eigenvalue weighted by Gasteiger charge is -2.52. The van der Waals surface area contributed by atoms with Crippen molar-refractivity contribution in [2.24, 2.45) is 0 Å². The highest BCUT2D eigenvalue weighted by molar-refractivity contribution is 8.00. The first-order valence-electron chi connectivity index (χ1n) is 7.31. The molecule has 0 aromatic heterocycles. The number of carbonyl (C=O) groups excluding carboxylic acids is 1. The Balaban J connectivity index is 1.82. The van der Waals surface area contributed by atoms with Gasteiger partial charge in [0.25, 0.3) is 5.91 Å². The van der Waals surface area contributed by atoms with Gasteiger partial charge >= 0.3 is 0 Å². The smallest absolute Gasteiger partial charge is 0.262 e. The molecular weight excluding hydrogens is 304 g/mol. The fraction of sp³-hybridized carbons (Fsp3) is 0.500. The van der Waals surface area contributed by atoms with E-state index in [0.29, 0.717) is 0 Å². The highest BCUT2D eigenvalue weighted by Crippen LogP contribution is 2.48. The van der Waals surface area contributed by atoms with Crippen LogP contribution in [0.15, 0.2) is 35.2 Å². The molecule has 5 heteroatoms. The Morgan fingerprint density at radius 3 is 2.52 bits per heavy atom. The van der Waals surface area contributed by atoms with Crippen LogP contribution in [0.4, 0.5) is 0 Å². The van der Waals surface area contributed by atoms with Crippen LogP contribution in [0.5, 0.6) is 0 Å². The number of hydrogen-bond donors (Lipinski definition) is 0. The number of nitrogens with zero attached hydrogens (tertiary/aromatic N) is 2. The van der Waals surface area contributed by atoms with E-state index >= 15 is 0 Å². The van der Waals surface area contributed by atoms with E-state index in [9.17, 15) is 10.1 Å². The highest BCUT2D eigenvalue weighted by Gasteiger charge is 2.63. The molecule has 3 rings (SSSR count). The van der Waals surface area contributed by atoms with E-state index < -0.39 is 4.87 Å². The van der Waals surface area contributed by atoms with Gasteiger partial charge in [-0.15, -0.1) is 0 Å². The van der Waals surface area contributed by atoms with Gasteiger partial charge in [0, 0.05) is 10.9 Å². The van der Waals surface area contributed by atoms with E-state index in [1.54, 1.807) is 0 Å². The predicted octanol–water partition coefficient (Wildman–Crippen LogP) is 3.78. The van der Waals surface area contributed by atoms with E-state index in [4.69, 9.17) is 11.6 Å². The van der Waals surface area contributed by atoms with E-state index in [1.165, 1.54) is 18.2 Å². The average Bonchev–Trinajstić information content (AvgIpc) is 2.55. The van der Waals surface area contributed by atoms with Gasteiger partial charge in [-0.3, -0.25) is 4.79 Å². The molecular formula is C16H17ClN2OS. The van der Waals surface area contributed by atoms with Crippen molar-refractivity contribution in [3.8, 4) is 6.07 Å². The molecule has 1 heterocycles. The molecule has 3 nitrogen and oxygen atoms in total. The minimum Gasteiger partial charge on any atom is -0.321 e. The second-order valence-corrected chi connectivity index (χ2v) is 7.36. The summed E-state index contributed by atoms with van der Waals surface area (Å²) in [6.45, 7) is 0. The van der Waals surface area contributed by atoms with Gasteiger partial charge in [0.2, 0.25) is 4.87 Å². The lowest BCUT2D eigenvalue weighted by Crippen LogP contribution is -2.71. The van der Waals surface area contributed by atoms with E-state index in [-0.39, 0.29) is 17.3 Å². The Morgan fingerprint density at radius 2 is 1.90 bits per heavy atom. The van der Waals surface area contributed by atoms with Crippen LogP contribution in [-0.2, 0) is 4.79 Å². The number of β-lactam (4-membered cyclic amide) rings is 1. The van der Waals surface area contributed by atoms with Crippen LogP contribution < -0.4 is 0 Å². The van der Waals surface area contributed by atoms with Gasteiger partial charge in [-0.25, -0.2) is 0 Å². The number of hydrogen-bond acceptors (Lipinski definition) is 3. The van der Waals surface area contributed by atoms with Gasteiger partial charge in [0.15, 0.2) is 0 Å². The number of thioether (sulfide) groups is 1. The number of nitriles is 1. The van der Waals surface area contributed by atoms with Crippen molar-refractivity contribution in [2.75, 3.05) is 0 Å². The zero-order chi connectivity index (χ0) is 14.9. The Morgan fingerprint density at radius 1 is 1.24 bits per heavy atom. The fourth-order valence-electron chi connectivity index (χ4n) is 3.11. The van der Waals surface area contributed by atoms with Gasteiger partial charge in [0.1, 0.15) is 5.37 Å². The van der Waals surface area contributed by atoms with Gasteiger partial charge in [0.05, 0.1) is 6.07 Å². The molecule has 2 aliphatic rings. The van der Waals surface area contributed by atoms with E-state index in [0.717, 1.165) is 30.6 Å². The number of rotatable bonds is 3. The molecule has 21 heavy (non-hydrogen) atoms. The van der Waals surface area contributed by atoms with Crippen LogP contribution in [0.3, 0.4) is 0 Å². The Hall–Kier alpha value is -1.18. The Kier molecular flexibility index (Phi) is 4.14. The molecule has 0 bridgehead atoms. The summed E-state index contributed by atoms with van der Waals surface area (Å²) in [5, 5.41) is 9.05. The predicted molar refractivity (Wildman–Crippen MR) is 84.0 cm³/mol. The normalized spacial score (nSPS) is 29.8. The maximum absolute atomic E-state index is 12.4. The average molecular weight is 321 g/mol. The number of amides is 1. The lowest BCUT2D eigenvalue weighted by atomic mass is 9.88. The molecule has 0 radical (unpaired) electrons. The van der Waals surface area contributed by atoms with Gasteiger partial charge in [-0.05, 0) is 25.0 Å². The third-order valence-electron chi connectivity index (χ3n) is 4.26. The van der Waals surface area contributed by atoms with Crippen molar-refractivity contribution >= 4 is 29.3 Å². The summed E-state index contributed by atoms with van der Waals surface area (Å²) in [5.74, 6) is -0.216. The van der Waals surface area contributed by atoms with Gasteiger partial charge in [-0.2, -0.15) is 5.26 Å². The first-order chi connectivity index (χ1) is 10.2. The topological polar surface area (TPSA) is 44.1 Å². The van der Waals surface area contributed by atoms with Crippen molar-refractivity contribution in [2.45, 2.75) is 53.3 Å². The minimum atomic E-state index is -1.40. The maximum Gasteiger partial charge on any atom is 0.262 e. The van der Waals surface area contributed by atoms with E-state index in [1.807, 2.05) is 41.3 Å². The summed E-state index contributed by atoms with van der Waals surface area (Å²) in [6.07, 6.45) is 5.59. The summed E-state index contributed by atoms with van der Waals surface area (Å²) in [5.41, 5.74) is 0. The first-order valence-corrected chi connectivity index (χ1v) is 8.57. The minimum absolute atomic E-state index is 0.216. The number of carbonyl (C=O) groups is 1. The van der Waals surface area contributed by atoms with Crippen molar-refractivity contribution in [1.82, 2.24) is 4.90 Å². The summed E-state index contributed by atoms with van der Waals surface area (Å²) < 4.78 is 0. The molecule has 0 N–H and O–H groups in total. The number of likely N-dealkylation sites (tertiary alicyclic amines) is 1. The summed E-state index contributed by atoms with van der Waals surface area (Å²) >= 11 is 7.82. The second-order valence-electron chi connectivity index (χ2n) is 5.61. The Bertz CT molecular complexity index is 567. The zero-order valence-electron chi connectivity index (χ0n) is 11.7.